The van der Waals surface area contributed by atoms with Crippen LogP contribution < -0.4 is 5.69 Å². The summed E-state index contributed by atoms with van der Waals surface area (Å²) in [5.41, 5.74) is -0.330. The Hall–Kier alpha value is -1.83. The number of aromatic nitrogens is 2. The molecule has 0 bridgehead atoms. The second-order valence-electron chi connectivity index (χ2n) is 3.68. The van der Waals surface area contributed by atoms with Gasteiger partial charge in [-0.1, -0.05) is 0 Å². The molecule has 0 aliphatic carbocycles. The maximum absolute atomic E-state index is 11.2. The minimum absolute atomic E-state index is 0.0114. The van der Waals surface area contributed by atoms with E-state index in [1.54, 1.807) is 0 Å². The molecule has 0 saturated carbocycles. The van der Waals surface area contributed by atoms with Crippen molar-refractivity contribution >= 4 is 23.7 Å². The molecule has 0 saturated heterocycles. The summed E-state index contributed by atoms with van der Waals surface area (Å²) in [4.78, 5) is 39.2. The molecule has 1 aromatic rings. The van der Waals surface area contributed by atoms with E-state index in [4.69, 9.17) is 5.11 Å². The van der Waals surface area contributed by atoms with Crippen molar-refractivity contribution in [3.63, 3.8) is 0 Å². The summed E-state index contributed by atoms with van der Waals surface area (Å²) in [5.74, 6) is -0.989. The molecule has 19 heavy (non-hydrogen) atoms. The second-order valence-corrected chi connectivity index (χ2v) is 4.76. The van der Waals surface area contributed by atoms with Crippen LogP contribution in [-0.4, -0.2) is 39.9 Å². The first-order valence-electron chi connectivity index (χ1n) is 5.49. The highest BCUT2D eigenvalue weighted by molar-refractivity contribution is 7.99. The van der Waals surface area contributed by atoms with Crippen molar-refractivity contribution in [2.45, 2.75) is 24.8 Å². The van der Waals surface area contributed by atoms with Crippen molar-refractivity contribution in [1.29, 1.82) is 0 Å². The summed E-state index contributed by atoms with van der Waals surface area (Å²) in [6, 6.07) is 0. The Bertz CT molecular complexity index is 540. The molecule has 2 N–H and O–H groups in total. The number of H-pyrrole nitrogens is 1. The van der Waals surface area contributed by atoms with Gasteiger partial charge >= 0.3 is 17.6 Å². The number of carbonyl (C=O) groups excluding carboxylic acids is 1. The highest BCUT2D eigenvalue weighted by atomic mass is 32.2. The molecule has 1 heterocycles. The van der Waals surface area contributed by atoms with E-state index >= 15 is 0 Å². The van der Waals surface area contributed by atoms with Crippen LogP contribution in [0.15, 0.2) is 9.82 Å². The lowest BCUT2D eigenvalue weighted by atomic mass is 10.2. The van der Waals surface area contributed by atoms with Crippen molar-refractivity contribution in [1.82, 2.24) is 9.97 Å². The molecule has 0 amide bonds. The van der Waals surface area contributed by atoms with E-state index in [-0.39, 0.29) is 28.7 Å². The third-order valence-corrected chi connectivity index (χ3v) is 3.35. The first-order valence-corrected chi connectivity index (χ1v) is 6.48. The summed E-state index contributed by atoms with van der Waals surface area (Å²) in [7, 11) is 1.31. The maximum atomic E-state index is 11.2. The first-order chi connectivity index (χ1) is 8.95. The van der Waals surface area contributed by atoms with E-state index in [0.717, 1.165) is 11.8 Å². The number of aryl methyl sites for hydroxylation is 1. The Labute approximate surface area is 113 Å². The van der Waals surface area contributed by atoms with Crippen LogP contribution in [0.4, 0.5) is 0 Å². The van der Waals surface area contributed by atoms with Gasteiger partial charge in [-0.15, -0.1) is 11.8 Å². The number of methoxy groups -OCH3 is 1. The molecule has 1 rings (SSSR count). The summed E-state index contributed by atoms with van der Waals surface area (Å²) in [5, 5.41) is 9.24. The van der Waals surface area contributed by atoms with Gasteiger partial charge in [0, 0.05) is 17.9 Å². The SMILES string of the molecule is COC(=O)CCCSc1nc(=O)[nH]c(C)c1C(=O)O. The van der Waals surface area contributed by atoms with Gasteiger partial charge in [-0.3, -0.25) is 4.79 Å². The zero-order chi connectivity index (χ0) is 14.4. The molecule has 0 aromatic carbocycles. The van der Waals surface area contributed by atoms with Gasteiger partial charge in [0.2, 0.25) is 0 Å². The number of hydrogen-bond donors (Lipinski definition) is 2. The van der Waals surface area contributed by atoms with Crippen LogP contribution in [0.5, 0.6) is 0 Å². The molecule has 0 unspecified atom stereocenters. The smallest absolute Gasteiger partial charge is 0.346 e. The molecule has 0 aliphatic heterocycles. The Morgan fingerprint density at radius 3 is 2.74 bits per heavy atom. The Morgan fingerprint density at radius 2 is 2.16 bits per heavy atom. The second kappa shape index (κ2) is 6.93. The summed E-state index contributed by atoms with van der Waals surface area (Å²) < 4.78 is 4.49. The number of nitrogens with zero attached hydrogens (tertiary/aromatic N) is 1. The minimum atomic E-state index is -1.14. The molecule has 0 aliphatic rings. The number of aromatic carboxylic acids is 1. The number of carboxylic acid groups (broad SMARTS) is 1. The normalized spacial score (nSPS) is 10.2. The van der Waals surface area contributed by atoms with Crippen LogP contribution >= 0.6 is 11.8 Å². The zero-order valence-electron chi connectivity index (χ0n) is 10.6. The highest BCUT2D eigenvalue weighted by Gasteiger charge is 2.16. The van der Waals surface area contributed by atoms with Crippen molar-refractivity contribution in [2.24, 2.45) is 0 Å². The standard InChI is InChI=1S/C11H14N2O5S/c1-6-8(10(15)16)9(13-11(17)12-6)19-5-3-4-7(14)18-2/h3-5H2,1-2H3,(H,15,16)(H,12,13,17). The van der Waals surface area contributed by atoms with Crippen LogP contribution in [0.2, 0.25) is 0 Å². The number of nitrogens with one attached hydrogen (secondary N) is 1. The van der Waals surface area contributed by atoms with E-state index in [0.29, 0.717) is 12.2 Å². The van der Waals surface area contributed by atoms with Crippen molar-refractivity contribution in [2.75, 3.05) is 12.9 Å². The van der Waals surface area contributed by atoms with Crippen LogP contribution in [0, 0.1) is 6.92 Å². The van der Waals surface area contributed by atoms with Gasteiger partial charge < -0.3 is 14.8 Å². The number of carboxylic acids is 1. The molecule has 0 spiro atoms. The van der Waals surface area contributed by atoms with Gasteiger partial charge in [-0.2, -0.15) is 4.98 Å². The van der Waals surface area contributed by atoms with Gasteiger partial charge in [0.05, 0.1) is 7.11 Å². The lowest BCUT2D eigenvalue weighted by molar-refractivity contribution is -0.140. The van der Waals surface area contributed by atoms with Crippen LogP contribution in [-0.2, 0) is 9.53 Å². The predicted molar refractivity (Wildman–Crippen MR) is 68.5 cm³/mol. The summed E-state index contributed by atoms with van der Waals surface area (Å²) in [6.45, 7) is 1.51. The molecule has 8 heteroatoms. The topological polar surface area (TPSA) is 109 Å². The summed E-state index contributed by atoms with van der Waals surface area (Å²) in [6.07, 6.45) is 0.762. The van der Waals surface area contributed by atoms with Crippen molar-refractivity contribution in [3.05, 3.63) is 21.7 Å². The molecule has 0 fully saturated rings. The highest BCUT2D eigenvalue weighted by Crippen LogP contribution is 2.21. The number of carbonyl (C=O) groups is 2. The molecule has 0 radical (unpaired) electrons. The van der Waals surface area contributed by atoms with Gasteiger partial charge in [0.15, 0.2) is 0 Å². The third-order valence-electron chi connectivity index (χ3n) is 2.29. The average Bonchev–Trinajstić information content (AvgIpc) is 2.32. The van der Waals surface area contributed by atoms with Crippen LogP contribution in [0.3, 0.4) is 0 Å². The fourth-order valence-corrected chi connectivity index (χ4v) is 2.42. The Balaban J connectivity index is 2.75. The quantitative estimate of drug-likeness (QED) is 0.345. The maximum Gasteiger partial charge on any atom is 0.346 e. The lowest BCUT2D eigenvalue weighted by Gasteiger charge is -2.06. The monoisotopic (exact) mass is 286 g/mol. The molecule has 1 aromatic heterocycles. The summed E-state index contributed by atoms with van der Waals surface area (Å²) >= 11 is 1.14. The molecular formula is C11H14N2O5S. The van der Waals surface area contributed by atoms with Gasteiger partial charge in [-0.25, -0.2) is 9.59 Å². The zero-order valence-corrected chi connectivity index (χ0v) is 11.4. The van der Waals surface area contributed by atoms with E-state index < -0.39 is 11.7 Å². The molecule has 0 atom stereocenters. The average molecular weight is 286 g/mol. The van der Waals surface area contributed by atoms with Crippen LogP contribution in [0.25, 0.3) is 0 Å². The van der Waals surface area contributed by atoms with Crippen molar-refractivity contribution in [3.8, 4) is 0 Å². The van der Waals surface area contributed by atoms with Gasteiger partial charge in [0.1, 0.15) is 10.6 Å². The number of esters is 1. The molecule has 7 nitrogen and oxygen atoms in total. The van der Waals surface area contributed by atoms with E-state index in [9.17, 15) is 14.4 Å². The number of aromatic amines is 1. The largest absolute Gasteiger partial charge is 0.478 e. The Morgan fingerprint density at radius 1 is 1.47 bits per heavy atom. The van der Waals surface area contributed by atoms with E-state index in [1.807, 2.05) is 0 Å². The fourth-order valence-electron chi connectivity index (χ4n) is 1.40. The van der Waals surface area contributed by atoms with E-state index in [2.05, 4.69) is 14.7 Å². The lowest BCUT2D eigenvalue weighted by Crippen LogP contribution is -2.18. The number of hydrogen-bond acceptors (Lipinski definition) is 6. The van der Waals surface area contributed by atoms with E-state index in [1.165, 1.54) is 14.0 Å². The van der Waals surface area contributed by atoms with Gasteiger partial charge in [0.25, 0.3) is 0 Å². The fraction of sp³-hybridized carbons (Fsp3) is 0.455. The van der Waals surface area contributed by atoms with Crippen molar-refractivity contribution < 1.29 is 19.4 Å². The number of ether oxygens (including phenoxy) is 1. The minimum Gasteiger partial charge on any atom is -0.478 e. The number of thioether (sulfide) groups is 1. The number of rotatable bonds is 6. The Kier molecular flexibility index (Phi) is 5.56. The molecular weight excluding hydrogens is 272 g/mol. The first kappa shape index (κ1) is 15.2. The van der Waals surface area contributed by atoms with Gasteiger partial charge in [-0.05, 0) is 13.3 Å². The molecule has 104 valence electrons. The van der Waals surface area contributed by atoms with Crippen LogP contribution in [0.1, 0.15) is 28.9 Å². The predicted octanol–water partition coefficient (Wildman–Crippen LogP) is 0.822. The third kappa shape index (κ3) is 4.40.